The van der Waals surface area contributed by atoms with Gasteiger partial charge < -0.3 is 9.57 Å². The summed E-state index contributed by atoms with van der Waals surface area (Å²) in [5, 5.41) is 4.22. The Morgan fingerprint density at radius 3 is 2.65 bits per heavy atom. The van der Waals surface area contributed by atoms with Gasteiger partial charge in [-0.2, -0.15) is 0 Å². The van der Waals surface area contributed by atoms with Gasteiger partial charge in [-0.3, -0.25) is 0 Å². The van der Waals surface area contributed by atoms with Crippen LogP contribution in [0.3, 0.4) is 0 Å². The third kappa shape index (κ3) is 4.74. The first kappa shape index (κ1) is 18.2. The molecule has 0 aliphatic carbocycles. The fourth-order valence-electron chi connectivity index (χ4n) is 2.17. The van der Waals surface area contributed by atoms with E-state index in [4.69, 9.17) is 9.57 Å². The molecule has 134 valence electrons. The second kappa shape index (κ2) is 8.20. The maximum Gasteiger partial charge on any atom is 0.268 e. The highest BCUT2D eigenvalue weighted by atomic mass is 32.3. The molecule has 26 heavy (non-hydrogen) atoms. The molecule has 0 radical (unpaired) electrons. The van der Waals surface area contributed by atoms with Crippen LogP contribution in [-0.2, 0) is 14.9 Å². The number of benzene rings is 2. The van der Waals surface area contributed by atoms with Gasteiger partial charge in [0.1, 0.15) is 23.2 Å². The average molecular weight is 388 g/mol. The highest BCUT2D eigenvalue weighted by Crippen LogP contribution is 2.24. The highest BCUT2D eigenvalue weighted by Gasteiger charge is 2.23. The summed E-state index contributed by atoms with van der Waals surface area (Å²) in [6.07, 6.45) is 1.61. The number of hydrogen-bond donors (Lipinski definition) is 0. The molecule has 2 aromatic carbocycles. The Balaban J connectivity index is 1.90. The van der Waals surface area contributed by atoms with Gasteiger partial charge in [0.05, 0.1) is 0 Å². The summed E-state index contributed by atoms with van der Waals surface area (Å²) in [7, 11) is -3.43. The molecule has 6 nitrogen and oxygen atoms in total. The Labute approximate surface area is 156 Å². The molecule has 0 aromatic heterocycles. The normalized spacial score (nSPS) is 16.0. The molecule has 0 atom stereocenters. The molecule has 0 unspecified atom stereocenters. The molecule has 2 aromatic rings. The molecule has 0 saturated carbocycles. The van der Waals surface area contributed by atoms with Crippen molar-refractivity contribution >= 4 is 32.7 Å². The van der Waals surface area contributed by atoms with Crippen molar-refractivity contribution in [2.45, 2.75) is 0 Å². The minimum Gasteiger partial charge on any atom is -0.433 e. The molecular formula is C18H16N2O4S2. The predicted molar refractivity (Wildman–Crippen MR) is 104 cm³/mol. The van der Waals surface area contributed by atoms with E-state index in [0.717, 1.165) is 22.9 Å². The second-order valence-corrected chi connectivity index (χ2v) is 8.15. The molecule has 1 aliphatic heterocycles. The maximum absolute atomic E-state index is 11.4. The first-order valence-electron chi connectivity index (χ1n) is 7.67. The van der Waals surface area contributed by atoms with Crippen LogP contribution in [0.1, 0.15) is 11.1 Å². The SMILES string of the molecule is C=CCON=C(c1ccccc1)c1cccc(OC2=NS(=O)(=O)CS2)c1. The standard InChI is InChI=1S/C18H16N2O4S2/c1-2-11-23-19-17(14-7-4-3-5-8-14)15-9-6-10-16(12-15)24-18-20-26(21,22)13-25-18/h2-10,12H,1,11,13H2. The van der Waals surface area contributed by atoms with E-state index in [1.807, 2.05) is 36.4 Å². The van der Waals surface area contributed by atoms with E-state index >= 15 is 0 Å². The lowest BCUT2D eigenvalue weighted by Gasteiger charge is -2.09. The first-order valence-corrected chi connectivity index (χ1v) is 10.3. The Morgan fingerprint density at radius 2 is 1.96 bits per heavy atom. The smallest absolute Gasteiger partial charge is 0.268 e. The van der Waals surface area contributed by atoms with E-state index in [2.05, 4.69) is 16.1 Å². The van der Waals surface area contributed by atoms with Gasteiger partial charge in [-0.05, 0) is 23.9 Å². The number of nitrogens with zero attached hydrogens (tertiary/aromatic N) is 2. The van der Waals surface area contributed by atoms with Crippen molar-refractivity contribution in [3.05, 3.63) is 78.4 Å². The second-order valence-electron chi connectivity index (χ2n) is 5.22. The highest BCUT2D eigenvalue weighted by molar-refractivity contribution is 8.24. The third-order valence-electron chi connectivity index (χ3n) is 3.25. The van der Waals surface area contributed by atoms with Crippen molar-refractivity contribution in [1.82, 2.24) is 0 Å². The summed E-state index contributed by atoms with van der Waals surface area (Å²) >= 11 is 1.05. The van der Waals surface area contributed by atoms with Crippen LogP contribution in [0.15, 0.2) is 76.8 Å². The zero-order valence-electron chi connectivity index (χ0n) is 13.7. The van der Waals surface area contributed by atoms with Crippen LogP contribution in [0, 0.1) is 0 Å². The van der Waals surface area contributed by atoms with Crippen LogP contribution in [0.5, 0.6) is 5.75 Å². The van der Waals surface area contributed by atoms with Crippen LogP contribution in [0.4, 0.5) is 0 Å². The lowest BCUT2D eigenvalue weighted by Crippen LogP contribution is -2.06. The number of sulfonamides is 1. The molecule has 1 heterocycles. The number of ether oxygens (including phenoxy) is 1. The van der Waals surface area contributed by atoms with E-state index < -0.39 is 10.0 Å². The van der Waals surface area contributed by atoms with Crippen molar-refractivity contribution in [2.24, 2.45) is 9.55 Å². The van der Waals surface area contributed by atoms with E-state index in [1.165, 1.54) is 0 Å². The molecule has 0 fully saturated rings. The fraction of sp³-hybridized carbons (Fsp3) is 0.111. The topological polar surface area (TPSA) is 77.3 Å². The Hall–Kier alpha value is -2.58. The average Bonchev–Trinajstić information content (AvgIpc) is 2.98. The lowest BCUT2D eigenvalue weighted by atomic mass is 10.0. The van der Waals surface area contributed by atoms with Crippen LogP contribution < -0.4 is 4.74 Å². The van der Waals surface area contributed by atoms with Crippen molar-refractivity contribution in [3.63, 3.8) is 0 Å². The number of oxime groups is 1. The van der Waals surface area contributed by atoms with Gasteiger partial charge in [0.2, 0.25) is 0 Å². The third-order valence-corrected chi connectivity index (χ3v) is 5.90. The minimum absolute atomic E-state index is 0.103. The van der Waals surface area contributed by atoms with E-state index in [-0.39, 0.29) is 16.9 Å². The zero-order chi connectivity index (χ0) is 18.4. The molecule has 0 bridgehead atoms. The number of thioether (sulfide) groups is 1. The summed E-state index contributed by atoms with van der Waals surface area (Å²) in [6, 6.07) is 16.7. The molecule has 3 rings (SSSR count). The van der Waals surface area contributed by atoms with Gasteiger partial charge in [0.15, 0.2) is 0 Å². The maximum atomic E-state index is 11.4. The zero-order valence-corrected chi connectivity index (χ0v) is 15.4. The number of hydrogen-bond acceptors (Lipinski definition) is 6. The van der Waals surface area contributed by atoms with Gasteiger partial charge in [-0.15, -0.1) is 4.40 Å². The molecule has 0 saturated heterocycles. The van der Waals surface area contributed by atoms with E-state index in [0.29, 0.717) is 11.5 Å². The Morgan fingerprint density at radius 1 is 1.19 bits per heavy atom. The monoisotopic (exact) mass is 388 g/mol. The van der Waals surface area contributed by atoms with E-state index in [1.54, 1.807) is 24.3 Å². The summed E-state index contributed by atoms with van der Waals surface area (Å²) in [6.45, 7) is 3.90. The Kier molecular flexibility index (Phi) is 5.75. The van der Waals surface area contributed by atoms with Crippen molar-refractivity contribution in [3.8, 4) is 5.75 Å². The molecule has 8 heteroatoms. The summed E-state index contributed by atoms with van der Waals surface area (Å²) in [5.74, 6) is 0.471. The largest absolute Gasteiger partial charge is 0.433 e. The van der Waals surface area contributed by atoms with Crippen LogP contribution >= 0.6 is 11.8 Å². The van der Waals surface area contributed by atoms with Gasteiger partial charge in [0.25, 0.3) is 15.3 Å². The summed E-state index contributed by atoms with van der Waals surface area (Å²) < 4.78 is 32.0. The summed E-state index contributed by atoms with van der Waals surface area (Å²) in [4.78, 5) is 5.28. The van der Waals surface area contributed by atoms with Crippen LogP contribution in [-0.4, -0.2) is 31.1 Å². The molecule has 0 amide bonds. The van der Waals surface area contributed by atoms with Gasteiger partial charge >= 0.3 is 0 Å². The van der Waals surface area contributed by atoms with E-state index in [9.17, 15) is 8.42 Å². The van der Waals surface area contributed by atoms with Crippen LogP contribution in [0.2, 0.25) is 0 Å². The first-order chi connectivity index (χ1) is 12.6. The molecular weight excluding hydrogens is 372 g/mol. The summed E-state index contributed by atoms with van der Waals surface area (Å²) in [5.41, 5.74) is 2.28. The van der Waals surface area contributed by atoms with Crippen LogP contribution in [0.25, 0.3) is 0 Å². The number of rotatable bonds is 6. The molecule has 1 aliphatic rings. The molecule has 0 spiro atoms. The van der Waals surface area contributed by atoms with Gasteiger partial charge in [0, 0.05) is 11.1 Å². The quantitative estimate of drug-likeness (QED) is 0.328. The van der Waals surface area contributed by atoms with Gasteiger partial charge in [-0.25, -0.2) is 8.42 Å². The van der Waals surface area contributed by atoms with Crippen molar-refractivity contribution < 1.29 is 18.0 Å². The predicted octanol–water partition coefficient (Wildman–Crippen LogP) is 3.41. The Bertz CT molecular complexity index is 954. The lowest BCUT2D eigenvalue weighted by molar-refractivity contribution is 0.175. The van der Waals surface area contributed by atoms with Gasteiger partial charge in [-0.1, -0.05) is 60.3 Å². The minimum atomic E-state index is -3.43. The molecule has 0 N–H and O–H groups in total. The van der Waals surface area contributed by atoms with Crippen molar-refractivity contribution in [2.75, 3.05) is 11.7 Å². The van der Waals surface area contributed by atoms with Crippen molar-refractivity contribution in [1.29, 1.82) is 0 Å². The fourth-order valence-corrected chi connectivity index (χ4v) is 4.35.